The van der Waals surface area contributed by atoms with Gasteiger partial charge in [-0.2, -0.15) is 14.0 Å². The van der Waals surface area contributed by atoms with Crippen molar-refractivity contribution in [1.82, 2.24) is 4.90 Å². The number of hydrogen-bond donors (Lipinski definition) is 0. The summed E-state index contributed by atoms with van der Waals surface area (Å²) in [6.45, 7) is 0. The predicted molar refractivity (Wildman–Crippen MR) is 70.5 cm³/mol. The van der Waals surface area contributed by atoms with Crippen LogP contribution in [-0.4, -0.2) is 30.1 Å². The van der Waals surface area contributed by atoms with E-state index in [-0.39, 0.29) is 0 Å². The minimum Gasteiger partial charge on any atom is -0.383 e. The molecule has 0 N–H and O–H groups in total. The van der Waals surface area contributed by atoms with Gasteiger partial charge in [0.25, 0.3) is 0 Å². The first-order valence-electron chi connectivity index (χ1n) is 4.43. The molecule has 18 heavy (non-hydrogen) atoms. The van der Waals surface area contributed by atoms with Crippen molar-refractivity contribution in [3.8, 4) is 0 Å². The topological polar surface area (TPSA) is 81.7 Å². The molecule has 1 atom stereocenters. The Kier molecular flexibility index (Phi) is 6.36. The van der Waals surface area contributed by atoms with Gasteiger partial charge < -0.3 is 4.90 Å². The normalized spacial score (nSPS) is 21.3. The van der Waals surface area contributed by atoms with Crippen molar-refractivity contribution in [1.29, 1.82) is 0 Å². The highest BCUT2D eigenvalue weighted by Gasteiger charge is 2.33. The number of nitrogens with zero attached hydrogens (tertiary/aromatic N) is 1. The molecule has 1 aliphatic heterocycles. The van der Waals surface area contributed by atoms with Crippen molar-refractivity contribution in [2.75, 3.05) is 20.4 Å². The first-order valence-corrected chi connectivity index (χ1v) is 9.76. The summed E-state index contributed by atoms with van der Waals surface area (Å²) in [6, 6.07) is 0. The monoisotopic (exact) mass is 351 g/mol. The van der Waals surface area contributed by atoms with Gasteiger partial charge in [-0.25, -0.2) is 0 Å². The average molecular weight is 352 g/mol. The lowest BCUT2D eigenvalue weighted by atomic mass is 10.4. The second-order valence-corrected chi connectivity index (χ2v) is 8.81. The Bertz CT molecular complexity index is 417. The Morgan fingerprint density at radius 2 is 2.06 bits per heavy atom. The second kappa shape index (κ2) is 6.87. The van der Waals surface area contributed by atoms with Gasteiger partial charge >= 0.3 is 0 Å². The van der Waals surface area contributed by atoms with Crippen molar-refractivity contribution in [2.45, 2.75) is 0 Å². The summed E-state index contributed by atoms with van der Waals surface area (Å²) in [6.07, 6.45) is 5.16. The molecule has 0 fully saturated rings. The maximum absolute atomic E-state index is 10.6. The van der Waals surface area contributed by atoms with Gasteiger partial charge in [0.1, 0.15) is 3.74 Å². The zero-order valence-electron chi connectivity index (χ0n) is 9.72. The van der Waals surface area contributed by atoms with Crippen LogP contribution in [0.3, 0.4) is 0 Å². The van der Waals surface area contributed by atoms with Crippen LogP contribution in [0.4, 0.5) is 0 Å². The second-order valence-electron chi connectivity index (χ2n) is 3.21. The summed E-state index contributed by atoms with van der Waals surface area (Å²) < 4.78 is 37.1. The molecule has 10 heteroatoms. The smallest absolute Gasteiger partial charge is 0.181 e. The molecule has 1 aliphatic rings. The van der Waals surface area contributed by atoms with Crippen molar-refractivity contribution < 1.29 is 28.0 Å². The number of halogens is 2. The van der Waals surface area contributed by atoms with Gasteiger partial charge in [-0.1, -0.05) is 11.6 Å². The van der Waals surface area contributed by atoms with Crippen LogP contribution >= 0.6 is 44.0 Å². The Morgan fingerprint density at radius 3 is 2.50 bits per heavy atom. The molecule has 1 rings (SSSR count). The van der Waals surface area contributed by atoms with Gasteiger partial charge in [0.05, 0.1) is 24.4 Å². The van der Waals surface area contributed by atoms with E-state index in [9.17, 15) is 14.0 Å². The van der Waals surface area contributed by atoms with Crippen molar-refractivity contribution in [3.63, 3.8) is 0 Å². The lowest BCUT2D eigenvalue weighted by Gasteiger charge is -2.12. The lowest BCUT2D eigenvalue weighted by molar-refractivity contribution is -1.91. The number of allylic oxidation sites excluding steroid dienone is 2. The average Bonchev–Trinajstić information content (AvgIpc) is 2.49. The molecule has 104 valence electrons. The summed E-state index contributed by atoms with van der Waals surface area (Å²) in [5.41, 5.74) is 0. The zero-order valence-corrected chi connectivity index (χ0v) is 13.7. The van der Waals surface area contributed by atoms with Crippen LogP contribution in [0.1, 0.15) is 0 Å². The van der Waals surface area contributed by atoms with E-state index in [0.29, 0.717) is 9.90 Å². The third-order valence-corrected chi connectivity index (χ3v) is 8.18. The fourth-order valence-electron chi connectivity index (χ4n) is 0.910. The van der Waals surface area contributed by atoms with Crippen molar-refractivity contribution >= 4 is 48.8 Å². The molecule has 5 nitrogen and oxygen atoms in total. The van der Waals surface area contributed by atoms with Crippen LogP contribution in [-0.2, 0) is 3.74 Å². The zero-order chi connectivity index (χ0) is 13.9. The van der Waals surface area contributed by atoms with E-state index in [1.165, 1.54) is 11.8 Å². The molecule has 0 aromatic heterocycles. The van der Waals surface area contributed by atoms with Gasteiger partial charge in [-0.15, -0.1) is 11.8 Å². The fraction of sp³-hybridized carbons (Fsp3) is 0.375. The highest BCUT2D eigenvalue weighted by molar-refractivity contribution is 8.85. The standard InChI is InChI=1S/C8H11Cl2NO4S3/c1-11(2)5-4-6-7(9)8(16-3)17-18(6)15-10(12,13)14/h4-5H,1-3H3/b5-4+. The van der Waals surface area contributed by atoms with E-state index in [4.69, 9.17) is 11.6 Å². The predicted octanol–water partition coefficient (Wildman–Crippen LogP) is -0.235. The minimum atomic E-state index is -4.48. The number of hydrogen-bond acceptors (Lipinski definition) is 7. The van der Waals surface area contributed by atoms with Crippen LogP contribution in [0, 0.1) is 10.2 Å². The largest absolute Gasteiger partial charge is 0.383 e. The van der Waals surface area contributed by atoms with E-state index < -0.39 is 20.0 Å². The maximum atomic E-state index is 10.6. The Balaban J connectivity index is 3.03. The van der Waals surface area contributed by atoms with E-state index in [1.807, 2.05) is 20.4 Å². The highest BCUT2D eigenvalue weighted by Crippen LogP contribution is 2.53. The molecule has 0 spiro atoms. The summed E-state index contributed by atoms with van der Waals surface area (Å²) in [5.74, 6) is 0. The van der Waals surface area contributed by atoms with E-state index in [1.54, 1.807) is 17.2 Å². The van der Waals surface area contributed by atoms with Crippen LogP contribution in [0.5, 0.6) is 0 Å². The number of thioether (sulfide) groups is 1. The van der Waals surface area contributed by atoms with Crippen molar-refractivity contribution in [3.05, 3.63) is 21.5 Å². The molecule has 0 radical (unpaired) electrons. The van der Waals surface area contributed by atoms with Gasteiger partial charge in [-0.05, 0) is 29.3 Å². The van der Waals surface area contributed by atoms with Gasteiger partial charge in [0.15, 0.2) is 9.80 Å². The Morgan fingerprint density at radius 1 is 1.44 bits per heavy atom. The minimum absolute atomic E-state index is 0.424. The fourth-order valence-corrected chi connectivity index (χ4v) is 7.58. The molecule has 1 heterocycles. The third-order valence-electron chi connectivity index (χ3n) is 1.57. The summed E-state index contributed by atoms with van der Waals surface area (Å²) in [7, 11) is -0.952. The number of rotatable bonds is 5. The third kappa shape index (κ3) is 4.95. The Labute approximate surface area is 123 Å². The van der Waals surface area contributed by atoms with Gasteiger partial charge in [0.2, 0.25) is 0 Å². The summed E-state index contributed by atoms with van der Waals surface area (Å²) in [5, 5.41) is 0.424. The molecule has 0 aromatic rings. The first kappa shape index (κ1) is 16.7. The van der Waals surface area contributed by atoms with Crippen molar-refractivity contribution in [2.24, 2.45) is 0 Å². The maximum Gasteiger partial charge on any atom is 0.181 e. The van der Waals surface area contributed by atoms with Crippen LogP contribution in [0.2, 0.25) is 0 Å². The van der Waals surface area contributed by atoms with Crippen LogP contribution < -0.4 is 14.0 Å². The molecule has 0 bridgehead atoms. The lowest BCUT2D eigenvalue weighted by Crippen LogP contribution is -2.60. The first-order chi connectivity index (χ1) is 8.24. The highest BCUT2D eigenvalue weighted by atomic mass is 35.7. The molecular formula is C8H11Cl2NO4S3. The van der Waals surface area contributed by atoms with Gasteiger partial charge in [0, 0.05) is 14.1 Å². The SMILES string of the molecule is CSC1=C(Cl)C(/C=C/N(C)C)=S(O[Cl+3]([O-])([O-])[O-])S1. The van der Waals surface area contributed by atoms with E-state index in [0.717, 1.165) is 15.0 Å². The van der Waals surface area contributed by atoms with Crippen LogP contribution in [0.15, 0.2) is 21.5 Å². The molecule has 0 aliphatic carbocycles. The quantitative estimate of drug-likeness (QED) is 0.384. The van der Waals surface area contributed by atoms with Gasteiger partial charge in [-0.3, -0.25) is 0 Å². The summed E-state index contributed by atoms with van der Waals surface area (Å²) in [4.78, 5) is 2.26. The van der Waals surface area contributed by atoms with E-state index >= 15 is 0 Å². The Hall–Kier alpha value is 0.620. The summed E-state index contributed by atoms with van der Waals surface area (Å²) >= 11 is 7.49. The molecule has 1 unspecified atom stereocenters. The molecule has 0 saturated heterocycles. The molecular weight excluding hydrogens is 341 g/mol. The molecule has 0 aromatic carbocycles. The molecule has 0 saturated carbocycles. The molecule has 0 amide bonds. The van der Waals surface area contributed by atoms with Crippen LogP contribution in [0.25, 0.3) is 0 Å². The van der Waals surface area contributed by atoms with E-state index in [2.05, 4.69) is 3.74 Å².